The zero-order valence-corrected chi connectivity index (χ0v) is 27.7. The normalized spacial score (nSPS) is 11.4. The number of furan rings is 1. The number of carboxylic acids is 1. The highest BCUT2D eigenvalue weighted by Gasteiger charge is 2.20. The maximum atomic E-state index is 13.8. The second kappa shape index (κ2) is 13.2. The van der Waals surface area contributed by atoms with E-state index in [2.05, 4.69) is 37.0 Å². The van der Waals surface area contributed by atoms with Crippen LogP contribution in [-0.2, 0) is 6.61 Å². The summed E-state index contributed by atoms with van der Waals surface area (Å²) >= 11 is 7.23. The number of aromatic nitrogens is 2. The van der Waals surface area contributed by atoms with Gasteiger partial charge in [0.05, 0.1) is 46.3 Å². The van der Waals surface area contributed by atoms with E-state index in [0.29, 0.717) is 66.2 Å². The van der Waals surface area contributed by atoms with Crippen LogP contribution in [0.3, 0.4) is 0 Å². The van der Waals surface area contributed by atoms with E-state index in [9.17, 15) is 14.7 Å². The summed E-state index contributed by atoms with van der Waals surface area (Å²) in [5.74, 6) is 0.982. The molecule has 4 aromatic carbocycles. The molecule has 10 nitrogen and oxygen atoms in total. The second-order valence-corrected chi connectivity index (χ2v) is 11.5. The van der Waals surface area contributed by atoms with Gasteiger partial charge >= 0.3 is 5.97 Å². The Bertz CT molecular complexity index is 2210. The maximum absolute atomic E-state index is 13.8. The van der Waals surface area contributed by atoms with Crippen molar-refractivity contribution in [3.05, 3.63) is 115 Å². The summed E-state index contributed by atoms with van der Waals surface area (Å²) < 4.78 is 26.0. The molecule has 46 heavy (non-hydrogen) atoms. The molecule has 0 aliphatic heterocycles. The number of benzene rings is 4. The van der Waals surface area contributed by atoms with E-state index in [4.69, 9.17) is 23.6 Å². The van der Waals surface area contributed by atoms with Crippen LogP contribution in [0.1, 0.15) is 28.4 Å². The molecule has 6 rings (SSSR count). The van der Waals surface area contributed by atoms with Gasteiger partial charge in [-0.15, -0.1) is 0 Å². The Balaban J connectivity index is 1.42. The van der Waals surface area contributed by atoms with Gasteiger partial charge in [-0.05, 0) is 92.9 Å². The van der Waals surface area contributed by atoms with Crippen LogP contribution in [0.4, 0.5) is 0 Å². The summed E-state index contributed by atoms with van der Waals surface area (Å²) in [6, 6.07) is 22.5. The summed E-state index contributed by atoms with van der Waals surface area (Å²) in [6.45, 7) is 2.30. The molecule has 0 bridgehead atoms. The smallest absolute Gasteiger partial charge is 0.335 e. The first-order chi connectivity index (χ1) is 22.3. The lowest BCUT2D eigenvalue weighted by Crippen LogP contribution is -2.20. The van der Waals surface area contributed by atoms with Crippen LogP contribution < -0.4 is 19.8 Å². The zero-order valence-electron chi connectivity index (χ0n) is 24.5. The van der Waals surface area contributed by atoms with Gasteiger partial charge in [-0.2, -0.15) is 9.78 Å². The first kappa shape index (κ1) is 31.1. The third kappa shape index (κ3) is 6.01. The molecule has 2 aromatic heterocycles. The largest absolute Gasteiger partial charge is 0.496 e. The predicted octanol–water partition coefficient (Wildman–Crippen LogP) is 7.90. The number of fused-ring (bicyclic) bond motifs is 2. The molecule has 0 fully saturated rings. The van der Waals surface area contributed by atoms with Crippen molar-refractivity contribution in [1.29, 1.82) is 0 Å². The van der Waals surface area contributed by atoms with Gasteiger partial charge in [0, 0.05) is 10.0 Å². The average Bonchev–Trinajstić information content (AvgIpc) is 3.51. The zero-order chi connectivity index (χ0) is 32.4. The average molecular weight is 747 g/mol. The number of ether oxygens (including phenoxy) is 3. The van der Waals surface area contributed by atoms with E-state index in [1.807, 2.05) is 31.2 Å². The minimum Gasteiger partial charge on any atom is -0.496 e. The van der Waals surface area contributed by atoms with Gasteiger partial charge in [0.1, 0.15) is 17.9 Å². The number of para-hydroxylation sites is 1. The minimum absolute atomic E-state index is 0.101. The van der Waals surface area contributed by atoms with Gasteiger partial charge in [0.15, 0.2) is 17.3 Å². The van der Waals surface area contributed by atoms with Crippen molar-refractivity contribution in [1.82, 2.24) is 9.66 Å². The Kier molecular flexibility index (Phi) is 8.91. The summed E-state index contributed by atoms with van der Waals surface area (Å²) in [4.78, 5) is 29.9. The van der Waals surface area contributed by atoms with Crippen LogP contribution in [0.2, 0.25) is 0 Å². The number of carbonyl (C=O) groups is 1. The summed E-state index contributed by atoms with van der Waals surface area (Å²) in [5, 5.41) is 15.1. The molecule has 0 radical (unpaired) electrons. The molecular formula is C34H25Br2N3O7. The number of halogens is 2. The Labute approximate surface area is 279 Å². The summed E-state index contributed by atoms with van der Waals surface area (Å²) in [6.07, 6.45) is 1.52. The highest BCUT2D eigenvalue weighted by molar-refractivity contribution is 9.13. The van der Waals surface area contributed by atoms with Gasteiger partial charge in [-0.1, -0.05) is 30.3 Å². The molecule has 0 saturated heterocycles. The van der Waals surface area contributed by atoms with E-state index in [0.717, 1.165) is 5.39 Å². The molecule has 0 aliphatic carbocycles. The molecule has 12 heteroatoms. The highest BCUT2D eigenvalue weighted by atomic mass is 79.9. The van der Waals surface area contributed by atoms with Gasteiger partial charge in [-0.3, -0.25) is 4.79 Å². The third-order valence-electron chi connectivity index (χ3n) is 7.04. The van der Waals surface area contributed by atoms with Crippen molar-refractivity contribution >= 4 is 65.9 Å². The lowest BCUT2D eigenvalue weighted by molar-refractivity contribution is 0.0696. The number of methoxy groups -OCH3 is 1. The summed E-state index contributed by atoms with van der Waals surface area (Å²) in [7, 11) is 1.58. The lowest BCUT2D eigenvalue weighted by atomic mass is 10.1. The fraction of sp³-hybridized carbons (Fsp3) is 0.118. The van der Waals surface area contributed by atoms with Crippen molar-refractivity contribution in [2.45, 2.75) is 13.5 Å². The van der Waals surface area contributed by atoms with Crippen molar-refractivity contribution in [2.24, 2.45) is 5.10 Å². The monoisotopic (exact) mass is 745 g/mol. The number of carboxylic acid groups (broad SMARTS) is 1. The number of hydrogen-bond acceptors (Lipinski definition) is 8. The number of aromatic carboxylic acids is 1. The predicted molar refractivity (Wildman–Crippen MR) is 181 cm³/mol. The molecule has 0 aliphatic rings. The SMILES string of the molecule is CCOc1cc(C=Nn2c(-c3cc4c(OC)cccc4o3)nc3ccccc3c2=O)c(Br)c(Br)c1OCc1cccc(C(=O)O)c1. The van der Waals surface area contributed by atoms with Gasteiger partial charge in [-0.25, -0.2) is 9.78 Å². The first-order valence-corrected chi connectivity index (χ1v) is 15.6. The van der Waals surface area contributed by atoms with E-state index in [1.165, 1.54) is 17.0 Å². The van der Waals surface area contributed by atoms with Crippen LogP contribution in [0.15, 0.2) is 102 Å². The van der Waals surface area contributed by atoms with E-state index < -0.39 is 5.97 Å². The van der Waals surface area contributed by atoms with Gasteiger partial charge in [0.2, 0.25) is 5.82 Å². The molecule has 2 heterocycles. The molecule has 0 saturated carbocycles. The Morgan fingerprint density at radius 1 is 0.978 bits per heavy atom. The molecule has 0 atom stereocenters. The van der Waals surface area contributed by atoms with Crippen molar-refractivity contribution in [2.75, 3.05) is 13.7 Å². The second-order valence-electron chi connectivity index (χ2n) is 9.95. The molecule has 0 amide bonds. The maximum Gasteiger partial charge on any atom is 0.335 e. The van der Waals surface area contributed by atoms with E-state index in [1.54, 1.807) is 55.6 Å². The molecule has 232 valence electrons. The Morgan fingerprint density at radius 3 is 2.57 bits per heavy atom. The molecule has 6 aromatic rings. The first-order valence-electron chi connectivity index (χ1n) is 14.0. The fourth-order valence-corrected chi connectivity index (χ4v) is 5.81. The van der Waals surface area contributed by atoms with E-state index in [-0.39, 0.29) is 23.6 Å². The van der Waals surface area contributed by atoms with Crippen molar-refractivity contribution in [3.8, 4) is 28.8 Å². The molecule has 0 unspecified atom stereocenters. The van der Waals surface area contributed by atoms with Crippen molar-refractivity contribution < 1.29 is 28.5 Å². The summed E-state index contributed by atoms with van der Waals surface area (Å²) in [5.41, 5.74) is 2.11. The van der Waals surface area contributed by atoms with Gasteiger partial charge in [0.25, 0.3) is 5.56 Å². The third-order valence-corrected chi connectivity index (χ3v) is 9.18. The molecular weight excluding hydrogens is 722 g/mol. The Morgan fingerprint density at radius 2 is 1.78 bits per heavy atom. The lowest BCUT2D eigenvalue weighted by Gasteiger charge is -2.16. The number of rotatable bonds is 10. The van der Waals surface area contributed by atoms with Crippen molar-refractivity contribution in [3.63, 3.8) is 0 Å². The quantitative estimate of drug-likeness (QED) is 0.140. The Hall–Kier alpha value is -4.94. The standard InChI is InChI=1S/C34H25Br2N3O7/c1-3-44-27-15-21(29(35)30(36)31(27)45-18-19-8-6-9-20(14-19)34(41)42)17-37-39-32(38-24-11-5-4-10-22(24)33(39)40)28-16-23-25(43-2)12-7-13-26(23)46-28/h4-17H,3,18H2,1-2H3,(H,41,42). The van der Waals surface area contributed by atoms with Crippen LogP contribution in [0.5, 0.6) is 17.2 Å². The highest BCUT2D eigenvalue weighted by Crippen LogP contribution is 2.43. The van der Waals surface area contributed by atoms with Crippen LogP contribution in [-0.4, -0.2) is 40.7 Å². The van der Waals surface area contributed by atoms with Crippen LogP contribution >= 0.6 is 31.9 Å². The minimum atomic E-state index is -1.02. The molecule has 0 spiro atoms. The van der Waals surface area contributed by atoms with Crippen LogP contribution in [0.25, 0.3) is 33.5 Å². The molecule has 1 N–H and O–H groups in total. The number of nitrogens with zero attached hydrogens (tertiary/aromatic N) is 3. The van der Waals surface area contributed by atoms with Crippen LogP contribution in [0, 0.1) is 0 Å². The van der Waals surface area contributed by atoms with Gasteiger partial charge < -0.3 is 23.7 Å². The van der Waals surface area contributed by atoms with E-state index >= 15 is 0 Å². The topological polar surface area (TPSA) is 125 Å². The fourth-order valence-electron chi connectivity index (χ4n) is 4.88. The number of hydrogen-bond donors (Lipinski definition) is 1.